The van der Waals surface area contributed by atoms with Gasteiger partial charge in [-0.05, 0) is 41.8 Å². The molecule has 0 bridgehead atoms. The van der Waals surface area contributed by atoms with Gasteiger partial charge >= 0.3 is 0 Å². The van der Waals surface area contributed by atoms with Gasteiger partial charge in [0.2, 0.25) is 11.7 Å². The van der Waals surface area contributed by atoms with E-state index in [1.807, 2.05) is 36.4 Å². The number of hydrogen-bond donors (Lipinski definition) is 2. The van der Waals surface area contributed by atoms with Crippen molar-refractivity contribution in [1.29, 1.82) is 0 Å². The van der Waals surface area contributed by atoms with Gasteiger partial charge in [-0.1, -0.05) is 30.3 Å². The van der Waals surface area contributed by atoms with Crippen LogP contribution in [0.5, 0.6) is 5.75 Å². The molecule has 2 N–H and O–H groups in total. The van der Waals surface area contributed by atoms with Crippen molar-refractivity contribution in [3.8, 4) is 17.1 Å². The molecule has 0 aliphatic carbocycles. The van der Waals surface area contributed by atoms with E-state index in [1.54, 1.807) is 24.1 Å². The Balaban J connectivity index is 1.32. The number of nitrogens with one attached hydrogen (secondary N) is 2. The molecule has 1 saturated heterocycles. The summed E-state index contributed by atoms with van der Waals surface area (Å²) < 4.78 is 5.15. The van der Waals surface area contributed by atoms with E-state index in [-0.39, 0.29) is 17.7 Å². The first-order valence-corrected chi connectivity index (χ1v) is 10.2. The molecule has 2 amide bonds. The van der Waals surface area contributed by atoms with Crippen LogP contribution in [0, 0.1) is 5.92 Å². The van der Waals surface area contributed by atoms with Crippen molar-refractivity contribution in [1.82, 2.24) is 30.8 Å². The number of rotatable bonds is 6. The highest BCUT2D eigenvalue weighted by atomic mass is 16.5. The lowest BCUT2D eigenvalue weighted by atomic mass is 9.94. The number of carbonyl (C=O) groups is 2. The molecule has 0 spiro atoms. The average Bonchev–Trinajstić information content (AvgIpc) is 3.37. The minimum Gasteiger partial charge on any atom is -0.497 e. The Morgan fingerprint density at radius 2 is 1.87 bits per heavy atom. The van der Waals surface area contributed by atoms with Crippen LogP contribution in [0.3, 0.4) is 0 Å². The first kappa shape index (κ1) is 20.5. The number of piperidine rings is 1. The molecule has 9 nitrogen and oxygen atoms in total. The van der Waals surface area contributed by atoms with Crippen molar-refractivity contribution in [2.75, 3.05) is 20.2 Å². The van der Waals surface area contributed by atoms with Crippen LogP contribution in [-0.2, 0) is 11.3 Å². The first-order valence-electron chi connectivity index (χ1n) is 10.2. The summed E-state index contributed by atoms with van der Waals surface area (Å²) >= 11 is 0. The van der Waals surface area contributed by atoms with Gasteiger partial charge < -0.3 is 15.0 Å². The van der Waals surface area contributed by atoms with E-state index < -0.39 is 0 Å². The second-order valence-corrected chi connectivity index (χ2v) is 7.41. The summed E-state index contributed by atoms with van der Waals surface area (Å²) in [5.74, 6) is 1.01. The molecular weight excluding hydrogens is 396 g/mol. The second kappa shape index (κ2) is 9.38. The highest BCUT2D eigenvalue weighted by molar-refractivity contribution is 6.00. The number of aromatic nitrogens is 4. The summed E-state index contributed by atoms with van der Waals surface area (Å²) in [5.41, 5.74) is 2.19. The third-order valence-electron chi connectivity index (χ3n) is 5.52. The van der Waals surface area contributed by atoms with Crippen LogP contribution in [-0.4, -0.2) is 57.5 Å². The van der Waals surface area contributed by atoms with Crippen molar-refractivity contribution in [2.45, 2.75) is 19.4 Å². The highest BCUT2D eigenvalue weighted by Crippen LogP contribution is 2.24. The zero-order valence-corrected chi connectivity index (χ0v) is 17.2. The van der Waals surface area contributed by atoms with Gasteiger partial charge in [0.1, 0.15) is 5.75 Å². The van der Waals surface area contributed by atoms with E-state index in [0.29, 0.717) is 49.4 Å². The molecule has 4 rings (SSSR count). The molecule has 2 heterocycles. The van der Waals surface area contributed by atoms with Crippen LogP contribution in [0.15, 0.2) is 48.5 Å². The molecule has 31 heavy (non-hydrogen) atoms. The van der Waals surface area contributed by atoms with Crippen LogP contribution in [0.25, 0.3) is 11.4 Å². The predicted octanol–water partition coefficient (Wildman–Crippen LogP) is 2.04. The summed E-state index contributed by atoms with van der Waals surface area (Å²) in [4.78, 5) is 27.5. The van der Waals surface area contributed by atoms with Crippen molar-refractivity contribution >= 4 is 11.8 Å². The van der Waals surface area contributed by atoms with Crippen LogP contribution in [0.4, 0.5) is 0 Å². The summed E-state index contributed by atoms with van der Waals surface area (Å²) in [5, 5.41) is 17.0. The van der Waals surface area contributed by atoms with Gasteiger partial charge in [-0.25, -0.2) is 0 Å². The number of hydrogen-bond acceptors (Lipinski definition) is 6. The molecule has 1 aliphatic rings. The van der Waals surface area contributed by atoms with Crippen molar-refractivity contribution in [2.24, 2.45) is 5.92 Å². The molecule has 0 saturated carbocycles. The van der Waals surface area contributed by atoms with E-state index in [0.717, 1.165) is 11.3 Å². The van der Waals surface area contributed by atoms with Gasteiger partial charge in [0.05, 0.1) is 12.7 Å². The Labute approximate surface area is 179 Å². The molecular formula is C22H24N6O3. The molecule has 0 radical (unpaired) electrons. The Hall–Kier alpha value is -3.75. The number of ether oxygens (including phenoxy) is 1. The summed E-state index contributed by atoms with van der Waals surface area (Å²) in [7, 11) is 1.62. The Morgan fingerprint density at radius 3 is 2.55 bits per heavy atom. The maximum Gasteiger partial charge on any atom is 0.254 e. The van der Waals surface area contributed by atoms with Crippen molar-refractivity contribution in [3.63, 3.8) is 0 Å². The average molecular weight is 420 g/mol. The zero-order valence-electron chi connectivity index (χ0n) is 17.2. The summed E-state index contributed by atoms with van der Waals surface area (Å²) in [6.45, 7) is 1.53. The summed E-state index contributed by atoms with van der Waals surface area (Å²) in [6.07, 6.45) is 1.26. The normalized spacial score (nSPS) is 14.3. The topological polar surface area (TPSA) is 113 Å². The fraction of sp³-hybridized carbons (Fsp3) is 0.318. The standard InChI is InChI=1S/C22H24N6O3/c1-31-17-8-6-15(7-9-17)14-23-21(29)16-10-12-28(13-11-16)22(30)19-5-3-2-4-18(19)20-24-26-27-25-20/h2-9,16H,10-14H2,1H3,(H,23,29)(H,24,25,26,27). The molecule has 1 aliphatic heterocycles. The van der Waals surface area contributed by atoms with Gasteiger partial charge in [0.15, 0.2) is 0 Å². The minimum absolute atomic E-state index is 0.0233. The zero-order chi connectivity index (χ0) is 21.6. The van der Waals surface area contributed by atoms with Crippen LogP contribution < -0.4 is 10.1 Å². The van der Waals surface area contributed by atoms with Crippen LogP contribution in [0.1, 0.15) is 28.8 Å². The van der Waals surface area contributed by atoms with Crippen LogP contribution in [0.2, 0.25) is 0 Å². The lowest BCUT2D eigenvalue weighted by molar-refractivity contribution is -0.126. The number of nitrogens with zero attached hydrogens (tertiary/aromatic N) is 4. The number of H-pyrrole nitrogens is 1. The molecule has 2 aromatic carbocycles. The molecule has 3 aromatic rings. The fourth-order valence-corrected chi connectivity index (χ4v) is 3.73. The molecule has 0 atom stereocenters. The molecule has 1 aromatic heterocycles. The van der Waals surface area contributed by atoms with E-state index in [1.165, 1.54) is 0 Å². The smallest absolute Gasteiger partial charge is 0.254 e. The van der Waals surface area contributed by atoms with Gasteiger partial charge in [-0.2, -0.15) is 5.21 Å². The maximum atomic E-state index is 13.1. The number of likely N-dealkylation sites (tertiary alicyclic amines) is 1. The number of carbonyl (C=O) groups excluding carboxylic acids is 2. The van der Waals surface area contributed by atoms with Crippen molar-refractivity contribution < 1.29 is 14.3 Å². The van der Waals surface area contributed by atoms with E-state index >= 15 is 0 Å². The Morgan fingerprint density at radius 1 is 1.13 bits per heavy atom. The molecule has 1 fully saturated rings. The number of aromatic amines is 1. The molecule has 9 heteroatoms. The number of amides is 2. The fourth-order valence-electron chi connectivity index (χ4n) is 3.73. The number of benzene rings is 2. The van der Waals surface area contributed by atoms with Gasteiger partial charge in [-0.15, -0.1) is 10.2 Å². The quantitative estimate of drug-likeness (QED) is 0.631. The van der Waals surface area contributed by atoms with Gasteiger partial charge in [0.25, 0.3) is 5.91 Å². The highest BCUT2D eigenvalue weighted by Gasteiger charge is 2.29. The van der Waals surface area contributed by atoms with Gasteiger partial charge in [0, 0.05) is 31.1 Å². The van der Waals surface area contributed by atoms with Gasteiger partial charge in [-0.3, -0.25) is 9.59 Å². The SMILES string of the molecule is COc1ccc(CNC(=O)C2CCN(C(=O)c3ccccc3-c3nn[nH]n3)CC2)cc1. The Bertz CT molecular complexity index is 1030. The largest absolute Gasteiger partial charge is 0.497 e. The maximum absolute atomic E-state index is 13.1. The van der Waals surface area contributed by atoms with E-state index in [2.05, 4.69) is 25.9 Å². The first-order chi connectivity index (χ1) is 15.2. The monoisotopic (exact) mass is 420 g/mol. The summed E-state index contributed by atoms with van der Waals surface area (Å²) in [6, 6.07) is 14.8. The number of tetrazole rings is 1. The number of methoxy groups -OCH3 is 1. The second-order valence-electron chi connectivity index (χ2n) is 7.41. The molecule has 160 valence electrons. The van der Waals surface area contributed by atoms with Crippen LogP contribution >= 0.6 is 0 Å². The van der Waals surface area contributed by atoms with Crippen molar-refractivity contribution in [3.05, 3.63) is 59.7 Å². The lowest BCUT2D eigenvalue weighted by Crippen LogP contribution is -2.43. The third kappa shape index (κ3) is 4.71. The third-order valence-corrected chi connectivity index (χ3v) is 5.52. The minimum atomic E-state index is -0.102. The Kier molecular flexibility index (Phi) is 6.21. The van der Waals surface area contributed by atoms with E-state index in [4.69, 9.17) is 4.74 Å². The van der Waals surface area contributed by atoms with E-state index in [9.17, 15) is 9.59 Å². The molecule has 0 unspecified atom stereocenters. The lowest BCUT2D eigenvalue weighted by Gasteiger charge is -2.31. The predicted molar refractivity (Wildman–Crippen MR) is 113 cm³/mol.